The molecule has 0 saturated carbocycles. The fourth-order valence-electron chi connectivity index (χ4n) is 1.48. The van der Waals surface area contributed by atoms with Crippen molar-refractivity contribution in [2.24, 2.45) is 0 Å². The third-order valence-corrected chi connectivity index (χ3v) is 2.26. The second-order valence-corrected chi connectivity index (χ2v) is 3.48. The van der Waals surface area contributed by atoms with Crippen molar-refractivity contribution in [1.82, 2.24) is 25.1 Å². The smallest absolute Gasteiger partial charge is 0.257 e. The molecule has 1 aromatic carbocycles. The largest absolute Gasteiger partial charge is 0.334 e. The molecule has 3 rings (SSSR count). The van der Waals surface area contributed by atoms with E-state index < -0.39 is 0 Å². The number of hydrogen-bond donors (Lipinski definition) is 0. The Kier molecular flexibility index (Phi) is 2.38. The Bertz CT molecular complexity index is 587. The molecule has 6 heteroatoms. The van der Waals surface area contributed by atoms with Gasteiger partial charge in [0.15, 0.2) is 5.82 Å². The first kappa shape index (κ1) is 9.71. The third kappa shape index (κ3) is 2.05. The predicted molar refractivity (Wildman–Crippen MR) is 58.9 cm³/mol. The number of rotatable bonds is 3. The van der Waals surface area contributed by atoms with Crippen LogP contribution >= 0.6 is 0 Å². The van der Waals surface area contributed by atoms with Crippen molar-refractivity contribution >= 4 is 0 Å². The van der Waals surface area contributed by atoms with E-state index >= 15 is 0 Å². The zero-order valence-corrected chi connectivity index (χ0v) is 8.89. The van der Waals surface area contributed by atoms with Crippen LogP contribution in [0, 0.1) is 0 Å². The van der Waals surface area contributed by atoms with Gasteiger partial charge in [-0.05, 0) is 12.1 Å². The van der Waals surface area contributed by atoms with Gasteiger partial charge < -0.3 is 4.52 Å². The van der Waals surface area contributed by atoms with E-state index in [0.717, 1.165) is 5.56 Å². The lowest BCUT2D eigenvalue weighted by Crippen LogP contribution is -2.02. The summed E-state index contributed by atoms with van der Waals surface area (Å²) in [5.74, 6) is 1.09. The molecule has 0 unspecified atom stereocenters. The molecule has 0 N–H and O–H groups in total. The van der Waals surface area contributed by atoms with Gasteiger partial charge in [0.25, 0.3) is 5.89 Å². The summed E-state index contributed by atoms with van der Waals surface area (Å²) in [4.78, 5) is 4.29. The Morgan fingerprint density at radius 2 is 2.06 bits per heavy atom. The molecule has 17 heavy (non-hydrogen) atoms. The number of nitrogens with zero attached hydrogens (tertiary/aromatic N) is 5. The van der Waals surface area contributed by atoms with Gasteiger partial charge >= 0.3 is 0 Å². The minimum atomic E-state index is 0.455. The number of aromatic nitrogens is 5. The average Bonchev–Trinajstić information content (AvgIpc) is 3.02. The van der Waals surface area contributed by atoms with Gasteiger partial charge in [0, 0.05) is 11.8 Å². The highest BCUT2D eigenvalue weighted by Crippen LogP contribution is 2.16. The Labute approximate surface area is 96.9 Å². The lowest BCUT2D eigenvalue weighted by Gasteiger charge is -1.92. The van der Waals surface area contributed by atoms with Gasteiger partial charge in [0.05, 0.1) is 6.20 Å². The van der Waals surface area contributed by atoms with E-state index in [1.54, 1.807) is 17.1 Å². The summed E-state index contributed by atoms with van der Waals surface area (Å²) < 4.78 is 6.82. The Morgan fingerprint density at radius 3 is 2.82 bits per heavy atom. The molecule has 0 aliphatic rings. The Hall–Kier alpha value is -2.50. The predicted octanol–water partition coefficient (Wildman–Crippen LogP) is 1.38. The molecule has 2 heterocycles. The van der Waals surface area contributed by atoms with Crippen LogP contribution in [0.1, 0.15) is 5.82 Å². The lowest BCUT2D eigenvalue weighted by atomic mass is 10.2. The van der Waals surface area contributed by atoms with Crippen LogP contribution < -0.4 is 0 Å². The highest BCUT2D eigenvalue weighted by molar-refractivity contribution is 5.51. The molecular weight excluding hydrogens is 218 g/mol. The molecule has 3 aromatic rings. The quantitative estimate of drug-likeness (QED) is 0.676. The summed E-state index contributed by atoms with van der Waals surface area (Å²) in [6.45, 7) is 0.455. The second-order valence-electron chi connectivity index (χ2n) is 3.48. The van der Waals surface area contributed by atoms with Crippen LogP contribution in [-0.4, -0.2) is 25.1 Å². The van der Waals surface area contributed by atoms with Crippen molar-refractivity contribution in [3.8, 4) is 11.5 Å². The van der Waals surface area contributed by atoms with E-state index in [1.807, 2.05) is 30.3 Å². The van der Waals surface area contributed by atoms with Crippen LogP contribution in [0.2, 0.25) is 0 Å². The molecule has 2 aromatic heterocycles. The van der Waals surface area contributed by atoms with Gasteiger partial charge in [-0.15, -0.1) is 5.10 Å². The molecule has 6 nitrogen and oxygen atoms in total. The van der Waals surface area contributed by atoms with Gasteiger partial charge in [-0.1, -0.05) is 28.6 Å². The lowest BCUT2D eigenvalue weighted by molar-refractivity contribution is 0.418. The number of benzene rings is 1. The SMILES string of the molecule is c1ccc(-c2nc(Cn3ccnn3)no2)cc1. The van der Waals surface area contributed by atoms with Crippen LogP contribution in [0.3, 0.4) is 0 Å². The van der Waals surface area contributed by atoms with E-state index in [9.17, 15) is 0 Å². The van der Waals surface area contributed by atoms with Crippen molar-refractivity contribution < 1.29 is 4.52 Å². The molecule has 0 aliphatic carbocycles. The molecule has 0 saturated heterocycles. The monoisotopic (exact) mass is 227 g/mol. The Balaban J connectivity index is 1.84. The molecule has 0 fully saturated rings. The maximum atomic E-state index is 5.18. The van der Waals surface area contributed by atoms with E-state index in [4.69, 9.17) is 4.52 Å². The highest BCUT2D eigenvalue weighted by atomic mass is 16.5. The molecular formula is C11H9N5O. The fourth-order valence-corrected chi connectivity index (χ4v) is 1.48. The topological polar surface area (TPSA) is 69.6 Å². The summed E-state index contributed by atoms with van der Waals surface area (Å²) in [6.07, 6.45) is 3.36. The van der Waals surface area contributed by atoms with Crippen LogP contribution in [-0.2, 0) is 6.54 Å². The van der Waals surface area contributed by atoms with E-state index in [2.05, 4.69) is 20.5 Å². The molecule has 0 atom stereocenters. The zero-order valence-electron chi connectivity index (χ0n) is 8.89. The van der Waals surface area contributed by atoms with Gasteiger partial charge in [0.1, 0.15) is 6.54 Å². The molecule has 0 radical (unpaired) electrons. The second kappa shape index (κ2) is 4.17. The average molecular weight is 227 g/mol. The van der Waals surface area contributed by atoms with E-state index in [0.29, 0.717) is 18.3 Å². The van der Waals surface area contributed by atoms with Crippen LogP contribution in [0.4, 0.5) is 0 Å². The molecule has 0 amide bonds. The molecule has 0 spiro atoms. The number of hydrogen-bond acceptors (Lipinski definition) is 5. The van der Waals surface area contributed by atoms with Gasteiger partial charge in [-0.25, -0.2) is 4.68 Å². The summed E-state index contributed by atoms with van der Waals surface area (Å²) in [5.41, 5.74) is 0.907. The minimum Gasteiger partial charge on any atom is -0.334 e. The molecule has 84 valence electrons. The summed E-state index contributed by atoms with van der Waals surface area (Å²) in [5, 5.41) is 11.4. The van der Waals surface area contributed by atoms with Gasteiger partial charge in [-0.2, -0.15) is 4.98 Å². The van der Waals surface area contributed by atoms with E-state index in [1.165, 1.54) is 0 Å². The van der Waals surface area contributed by atoms with Crippen LogP contribution in [0.15, 0.2) is 47.2 Å². The minimum absolute atomic E-state index is 0.455. The maximum Gasteiger partial charge on any atom is 0.257 e. The standard InChI is InChI=1S/C11H9N5O/c1-2-4-9(5-3-1)11-13-10(14-17-11)8-16-7-6-12-15-16/h1-7H,8H2. The third-order valence-electron chi connectivity index (χ3n) is 2.26. The van der Waals surface area contributed by atoms with Crippen molar-refractivity contribution in [3.05, 3.63) is 48.5 Å². The first-order valence-corrected chi connectivity index (χ1v) is 5.14. The van der Waals surface area contributed by atoms with Crippen molar-refractivity contribution in [2.45, 2.75) is 6.54 Å². The van der Waals surface area contributed by atoms with Crippen LogP contribution in [0.5, 0.6) is 0 Å². The fraction of sp³-hybridized carbons (Fsp3) is 0.0909. The summed E-state index contributed by atoms with van der Waals surface area (Å²) in [6, 6.07) is 9.64. The first-order valence-electron chi connectivity index (χ1n) is 5.14. The summed E-state index contributed by atoms with van der Waals surface area (Å²) in [7, 11) is 0. The van der Waals surface area contributed by atoms with Crippen molar-refractivity contribution in [2.75, 3.05) is 0 Å². The first-order chi connectivity index (χ1) is 8.42. The summed E-state index contributed by atoms with van der Waals surface area (Å²) >= 11 is 0. The van der Waals surface area contributed by atoms with Crippen molar-refractivity contribution in [1.29, 1.82) is 0 Å². The zero-order chi connectivity index (χ0) is 11.5. The maximum absolute atomic E-state index is 5.18. The molecule has 0 aliphatic heterocycles. The van der Waals surface area contributed by atoms with Gasteiger partial charge in [-0.3, -0.25) is 0 Å². The highest BCUT2D eigenvalue weighted by Gasteiger charge is 2.08. The van der Waals surface area contributed by atoms with E-state index in [-0.39, 0.29) is 0 Å². The van der Waals surface area contributed by atoms with Gasteiger partial charge in [0.2, 0.25) is 0 Å². The Morgan fingerprint density at radius 1 is 1.18 bits per heavy atom. The van der Waals surface area contributed by atoms with Crippen molar-refractivity contribution in [3.63, 3.8) is 0 Å². The van der Waals surface area contributed by atoms with Crippen LogP contribution in [0.25, 0.3) is 11.5 Å². The normalized spacial score (nSPS) is 10.6. The molecule has 0 bridgehead atoms.